The van der Waals surface area contributed by atoms with Crippen LogP contribution in [0.25, 0.3) is 0 Å². The summed E-state index contributed by atoms with van der Waals surface area (Å²) in [5.41, 5.74) is 0. The first kappa shape index (κ1) is 14.0. The largest absolute Gasteiger partial charge is 0.390 e. The van der Waals surface area contributed by atoms with Crippen LogP contribution in [0, 0.1) is 0 Å². The number of hydrogen-bond acceptors (Lipinski definition) is 3. The van der Waals surface area contributed by atoms with Crippen LogP contribution >= 0.6 is 27.7 Å². The average Bonchev–Trinajstić information content (AvgIpc) is 2.29. The average molecular weight is 305 g/mol. The van der Waals surface area contributed by atoms with Gasteiger partial charge >= 0.3 is 0 Å². The minimum Gasteiger partial charge on any atom is -0.390 e. The van der Waals surface area contributed by atoms with Crippen LogP contribution in [0.15, 0.2) is 33.6 Å². The van der Waals surface area contributed by atoms with Gasteiger partial charge in [0.05, 0.1) is 12.7 Å². The third-order valence-electron chi connectivity index (χ3n) is 1.91. The van der Waals surface area contributed by atoms with Gasteiger partial charge < -0.3 is 9.84 Å². The molecule has 1 unspecified atom stereocenters. The predicted octanol–water partition coefficient (Wildman–Crippen LogP) is 3.33. The summed E-state index contributed by atoms with van der Waals surface area (Å²) in [6.07, 6.45) is 0.604. The first-order chi connectivity index (χ1) is 7.72. The van der Waals surface area contributed by atoms with Crippen LogP contribution in [-0.2, 0) is 4.74 Å². The first-order valence-corrected chi connectivity index (χ1v) is 7.14. The number of rotatable bonds is 7. The molecule has 4 heteroatoms. The fourth-order valence-electron chi connectivity index (χ4n) is 1.14. The highest BCUT2D eigenvalue weighted by Crippen LogP contribution is 2.21. The lowest BCUT2D eigenvalue weighted by Gasteiger charge is -2.10. The summed E-state index contributed by atoms with van der Waals surface area (Å²) in [7, 11) is 0. The molecule has 1 aromatic rings. The fraction of sp³-hybridized carbons (Fsp3) is 0.500. The second kappa shape index (κ2) is 8.12. The van der Waals surface area contributed by atoms with Crippen molar-refractivity contribution in [2.24, 2.45) is 0 Å². The Morgan fingerprint density at radius 3 is 2.69 bits per heavy atom. The number of aliphatic hydroxyl groups excluding tert-OH is 1. The zero-order valence-corrected chi connectivity index (χ0v) is 11.8. The number of ether oxygens (including phenoxy) is 1. The molecule has 0 amide bonds. The van der Waals surface area contributed by atoms with Crippen molar-refractivity contribution in [3.8, 4) is 0 Å². The molecule has 1 aromatic carbocycles. The molecule has 0 radical (unpaired) electrons. The van der Waals surface area contributed by atoms with Crippen LogP contribution in [0.1, 0.15) is 13.3 Å². The van der Waals surface area contributed by atoms with Gasteiger partial charge in [-0.05, 0) is 30.7 Å². The highest BCUT2D eigenvalue weighted by Gasteiger charge is 2.04. The fourth-order valence-corrected chi connectivity index (χ4v) is 2.21. The van der Waals surface area contributed by atoms with Gasteiger partial charge in [-0.1, -0.05) is 22.9 Å². The summed E-state index contributed by atoms with van der Waals surface area (Å²) in [6.45, 7) is 3.21. The number of aliphatic hydroxyl groups is 1. The maximum absolute atomic E-state index is 9.64. The Balaban J connectivity index is 2.20. The molecule has 0 bridgehead atoms. The van der Waals surface area contributed by atoms with E-state index in [1.807, 2.05) is 24.3 Å². The van der Waals surface area contributed by atoms with Crippen LogP contribution < -0.4 is 0 Å². The Bertz CT molecular complexity index is 290. The molecule has 2 nitrogen and oxygen atoms in total. The van der Waals surface area contributed by atoms with Gasteiger partial charge in [-0.3, -0.25) is 0 Å². The predicted molar refractivity (Wildman–Crippen MR) is 72.0 cm³/mol. The lowest BCUT2D eigenvalue weighted by molar-refractivity contribution is 0.0489. The minimum absolute atomic E-state index is 0.389. The number of thioether (sulfide) groups is 1. The zero-order valence-electron chi connectivity index (χ0n) is 9.36. The molecule has 1 rings (SSSR count). The Labute approximate surface area is 110 Å². The monoisotopic (exact) mass is 304 g/mol. The van der Waals surface area contributed by atoms with Crippen LogP contribution in [-0.4, -0.2) is 30.2 Å². The molecule has 0 fully saturated rings. The van der Waals surface area contributed by atoms with E-state index in [0.29, 0.717) is 12.4 Å². The van der Waals surface area contributed by atoms with Crippen LogP contribution in [0.4, 0.5) is 0 Å². The maximum atomic E-state index is 9.64. The van der Waals surface area contributed by atoms with Crippen molar-refractivity contribution in [2.45, 2.75) is 24.3 Å². The summed E-state index contributed by atoms with van der Waals surface area (Å²) >= 11 is 5.03. The van der Waals surface area contributed by atoms with Crippen molar-refractivity contribution in [1.82, 2.24) is 0 Å². The highest BCUT2D eigenvalue weighted by atomic mass is 79.9. The molecule has 0 aliphatic heterocycles. The third kappa shape index (κ3) is 5.89. The van der Waals surface area contributed by atoms with Crippen molar-refractivity contribution in [2.75, 3.05) is 19.0 Å². The van der Waals surface area contributed by atoms with E-state index in [2.05, 4.69) is 22.9 Å². The van der Waals surface area contributed by atoms with Crippen molar-refractivity contribution >= 4 is 27.7 Å². The van der Waals surface area contributed by atoms with E-state index in [-0.39, 0.29) is 6.10 Å². The summed E-state index contributed by atoms with van der Waals surface area (Å²) in [5.74, 6) is 0.672. The van der Waals surface area contributed by atoms with Crippen LogP contribution in [0.5, 0.6) is 0 Å². The molecular formula is C12H17BrO2S. The summed E-state index contributed by atoms with van der Waals surface area (Å²) < 4.78 is 6.35. The maximum Gasteiger partial charge on any atom is 0.0867 e. The number of hydrogen-bond donors (Lipinski definition) is 1. The van der Waals surface area contributed by atoms with Crippen molar-refractivity contribution in [3.63, 3.8) is 0 Å². The minimum atomic E-state index is -0.389. The Morgan fingerprint density at radius 1 is 1.38 bits per heavy atom. The molecule has 0 aliphatic carbocycles. The molecule has 0 saturated heterocycles. The molecule has 90 valence electrons. The smallest absolute Gasteiger partial charge is 0.0867 e. The summed E-state index contributed by atoms with van der Waals surface area (Å²) in [4.78, 5) is 1.16. The van der Waals surface area contributed by atoms with E-state index in [1.165, 1.54) is 0 Å². The number of benzene rings is 1. The summed E-state index contributed by atoms with van der Waals surface area (Å²) in [5, 5.41) is 9.64. The van der Waals surface area contributed by atoms with Gasteiger partial charge in [-0.15, -0.1) is 11.8 Å². The summed E-state index contributed by atoms with van der Waals surface area (Å²) in [6, 6.07) is 8.08. The van der Waals surface area contributed by atoms with E-state index >= 15 is 0 Å². The SMILES string of the molecule is CCCOCC(O)CSc1ccc(Br)cc1. The second-order valence-corrected chi connectivity index (χ2v) is 5.50. The lowest BCUT2D eigenvalue weighted by Crippen LogP contribution is -2.18. The van der Waals surface area contributed by atoms with Gasteiger partial charge in [-0.2, -0.15) is 0 Å². The Hall–Kier alpha value is -0.0300. The first-order valence-electron chi connectivity index (χ1n) is 5.36. The van der Waals surface area contributed by atoms with Gasteiger partial charge in [0.15, 0.2) is 0 Å². The quantitative estimate of drug-likeness (QED) is 0.619. The van der Waals surface area contributed by atoms with Gasteiger partial charge in [0.25, 0.3) is 0 Å². The number of halogens is 1. The Kier molecular flexibility index (Phi) is 7.12. The van der Waals surface area contributed by atoms with Crippen molar-refractivity contribution < 1.29 is 9.84 Å². The standard InChI is InChI=1S/C12H17BrO2S/c1-2-7-15-8-11(14)9-16-12-5-3-10(13)4-6-12/h3-6,11,14H,2,7-9H2,1H3. The molecular weight excluding hydrogens is 288 g/mol. The molecule has 1 N–H and O–H groups in total. The Morgan fingerprint density at radius 2 is 2.06 bits per heavy atom. The molecule has 0 aliphatic rings. The van der Waals surface area contributed by atoms with Crippen LogP contribution in [0.3, 0.4) is 0 Å². The second-order valence-electron chi connectivity index (χ2n) is 3.49. The van der Waals surface area contributed by atoms with Crippen molar-refractivity contribution in [3.05, 3.63) is 28.7 Å². The molecule has 0 saturated carbocycles. The highest BCUT2D eigenvalue weighted by molar-refractivity contribution is 9.10. The van der Waals surface area contributed by atoms with E-state index < -0.39 is 0 Å². The van der Waals surface area contributed by atoms with Gasteiger partial charge in [0.2, 0.25) is 0 Å². The lowest BCUT2D eigenvalue weighted by atomic mass is 10.4. The molecule has 16 heavy (non-hydrogen) atoms. The zero-order chi connectivity index (χ0) is 11.8. The molecule has 0 spiro atoms. The van der Waals surface area contributed by atoms with E-state index in [4.69, 9.17) is 4.74 Å². The van der Waals surface area contributed by atoms with Gasteiger partial charge in [0.1, 0.15) is 0 Å². The topological polar surface area (TPSA) is 29.5 Å². The normalized spacial score (nSPS) is 12.7. The van der Waals surface area contributed by atoms with Crippen LogP contribution in [0.2, 0.25) is 0 Å². The third-order valence-corrected chi connectivity index (χ3v) is 3.60. The van der Waals surface area contributed by atoms with Gasteiger partial charge in [-0.25, -0.2) is 0 Å². The van der Waals surface area contributed by atoms with E-state index in [9.17, 15) is 5.11 Å². The molecule has 0 heterocycles. The van der Waals surface area contributed by atoms with Crippen molar-refractivity contribution in [1.29, 1.82) is 0 Å². The van der Waals surface area contributed by atoms with E-state index in [0.717, 1.165) is 22.4 Å². The van der Waals surface area contributed by atoms with E-state index in [1.54, 1.807) is 11.8 Å². The molecule has 0 aromatic heterocycles. The van der Waals surface area contributed by atoms with Gasteiger partial charge in [0, 0.05) is 21.7 Å². The molecule has 1 atom stereocenters.